The van der Waals surface area contributed by atoms with Gasteiger partial charge in [0.25, 0.3) is 11.6 Å². The van der Waals surface area contributed by atoms with E-state index in [0.29, 0.717) is 0 Å². The molecule has 0 heterocycles. The van der Waals surface area contributed by atoms with Crippen molar-refractivity contribution in [3.63, 3.8) is 0 Å². The number of nitrogens with one attached hydrogen (secondary N) is 2. The molecular formula is C18H21N3O7S2. The van der Waals surface area contributed by atoms with Crippen LogP contribution >= 0.6 is 0 Å². The van der Waals surface area contributed by atoms with E-state index in [4.69, 9.17) is 0 Å². The minimum absolute atomic E-state index is 0.0402. The minimum atomic E-state index is -3.58. The van der Waals surface area contributed by atoms with E-state index in [1.54, 1.807) is 0 Å². The maximum absolute atomic E-state index is 12.2. The zero-order chi connectivity index (χ0) is 22.5. The van der Waals surface area contributed by atoms with Crippen molar-refractivity contribution in [1.29, 1.82) is 0 Å². The van der Waals surface area contributed by atoms with E-state index in [9.17, 15) is 31.7 Å². The third-order valence-electron chi connectivity index (χ3n) is 4.18. The number of hydrogen-bond donors (Lipinski definition) is 2. The number of amides is 1. The predicted molar refractivity (Wildman–Crippen MR) is 111 cm³/mol. The maximum atomic E-state index is 12.2. The zero-order valence-corrected chi connectivity index (χ0v) is 17.9. The van der Waals surface area contributed by atoms with Crippen LogP contribution in [0, 0.1) is 10.1 Å². The number of nitro benzene ring substituents is 1. The first-order chi connectivity index (χ1) is 14.0. The van der Waals surface area contributed by atoms with Crippen LogP contribution in [0.25, 0.3) is 0 Å². The summed E-state index contributed by atoms with van der Waals surface area (Å²) in [5.74, 6) is -0.471. The molecule has 0 spiro atoms. The number of sulfone groups is 2. The molecule has 0 aliphatic rings. The molecule has 0 fully saturated rings. The first-order valence-corrected chi connectivity index (χ1v) is 12.3. The third-order valence-corrected chi connectivity index (χ3v) is 7.04. The van der Waals surface area contributed by atoms with Crippen molar-refractivity contribution in [2.24, 2.45) is 0 Å². The van der Waals surface area contributed by atoms with Gasteiger partial charge >= 0.3 is 0 Å². The van der Waals surface area contributed by atoms with Crippen LogP contribution < -0.4 is 10.6 Å². The quantitative estimate of drug-likeness (QED) is 0.329. The number of nitro groups is 1. The van der Waals surface area contributed by atoms with E-state index in [1.165, 1.54) is 43.3 Å². The highest BCUT2D eigenvalue weighted by atomic mass is 32.2. The molecule has 0 unspecified atom stereocenters. The Morgan fingerprint density at radius 2 is 1.60 bits per heavy atom. The Hall–Kier alpha value is -2.99. The third kappa shape index (κ3) is 5.76. The Bertz CT molecular complexity index is 1160. The Kier molecular flexibility index (Phi) is 7.16. The van der Waals surface area contributed by atoms with E-state index in [-0.39, 0.29) is 39.9 Å². The first kappa shape index (κ1) is 23.3. The largest absolute Gasteiger partial charge is 0.378 e. The fourth-order valence-corrected chi connectivity index (χ4v) is 4.02. The molecule has 1 amide bonds. The molecule has 0 atom stereocenters. The monoisotopic (exact) mass is 455 g/mol. The number of carbonyl (C=O) groups excluding carboxylic acids is 1. The summed E-state index contributed by atoms with van der Waals surface area (Å²) in [6, 6.07) is 9.05. The second kappa shape index (κ2) is 9.22. The van der Waals surface area contributed by atoms with E-state index >= 15 is 0 Å². The lowest BCUT2D eigenvalue weighted by molar-refractivity contribution is -0.384. The van der Waals surface area contributed by atoms with Gasteiger partial charge in [-0.2, -0.15) is 0 Å². The number of anilines is 1. The van der Waals surface area contributed by atoms with Gasteiger partial charge in [0.2, 0.25) is 0 Å². The van der Waals surface area contributed by atoms with Crippen molar-refractivity contribution in [3.05, 3.63) is 58.1 Å². The van der Waals surface area contributed by atoms with Crippen LogP contribution in [0.2, 0.25) is 0 Å². The Morgan fingerprint density at radius 3 is 2.13 bits per heavy atom. The molecule has 12 heteroatoms. The summed E-state index contributed by atoms with van der Waals surface area (Å²) in [4.78, 5) is 22.6. The molecule has 0 aliphatic carbocycles. The number of hydrogen-bond acceptors (Lipinski definition) is 8. The molecule has 2 aromatic carbocycles. The highest BCUT2D eigenvalue weighted by Crippen LogP contribution is 2.27. The van der Waals surface area contributed by atoms with Gasteiger partial charge in [0.1, 0.15) is 5.69 Å². The lowest BCUT2D eigenvalue weighted by Gasteiger charge is -2.10. The van der Waals surface area contributed by atoms with Crippen molar-refractivity contribution in [2.75, 3.05) is 30.4 Å². The van der Waals surface area contributed by atoms with Crippen LogP contribution in [0.4, 0.5) is 11.4 Å². The topological polar surface area (TPSA) is 153 Å². The van der Waals surface area contributed by atoms with E-state index < -0.39 is 36.2 Å². The molecule has 2 rings (SSSR count). The maximum Gasteiger partial charge on any atom is 0.293 e. The summed E-state index contributed by atoms with van der Waals surface area (Å²) in [5, 5.41) is 16.6. The summed E-state index contributed by atoms with van der Waals surface area (Å²) in [6.07, 6.45) is 0.957. The van der Waals surface area contributed by atoms with Crippen molar-refractivity contribution >= 4 is 37.0 Å². The summed E-state index contributed by atoms with van der Waals surface area (Å²) in [7, 11) is -6.93. The number of benzene rings is 2. The van der Waals surface area contributed by atoms with Gasteiger partial charge in [-0.1, -0.05) is 6.92 Å². The Morgan fingerprint density at radius 1 is 1.00 bits per heavy atom. The molecule has 0 aliphatic heterocycles. The summed E-state index contributed by atoms with van der Waals surface area (Å²) >= 11 is 0. The number of carbonyl (C=O) groups is 1. The second-order valence-electron chi connectivity index (χ2n) is 6.32. The molecule has 0 saturated carbocycles. The van der Waals surface area contributed by atoms with Gasteiger partial charge in [0.05, 0.1) is 20.5 Å². The van der Waals surface area contributed by atoms with Crippen LogP contribution in [-0.2, 0) is 19.7 Å². The fraction of sp³-hybridized carbons (Fsp3) is 0.278. The molecular weight excluding hydrogens is 434 g/mol. The molecule has 30 heavy (non-hydrogen) atoms. The van der Waals surface area contributed by atoms with Crippen LogP contribution in [0.1, 0.15) is 17.3 Å². The lowest BCUT2D eigenvalue weighted by Crippen LogP contribution is -2.28. The van der Waals surface area contributed by atoms with Crippen molar-refractivity contribution in [1.82, 2.24) is 5.32 Å². The summed E-state index contributed by atoms with van der Waals surface area (Å²) < 4.78 is 46.7. The predicted octanol–water partition coefficient (Wildman–Crippen LogP) is 1.63. The molecule has 0 aromatic heterocycles. The SMILES string of the molecule is CCS(=O)(=O)c1ccc(C(=O)NCCNc2ccc(S(C)(=O)=O)cc2[N+](=O)[O-])cc1. The van der Waals surface area contributed by atoms with Crippen LogP contribution in [0.15, 0.2) is 52.3 Å². The smallest absolute Gasteiger partial charge is 0.293 e. The molecule has 2 aromatic rings. The van der Waals surface area contributed by atoms with E-state index in [0.717, 1.165) is 12.3 Å². The standard InChI is InChI=1S/C18H21N3O7S2/c1-3-30(27,28)14-6-4-13(5-7-14)18(22)20-11-10-19-16-9-8-15(29(2,25)26)12-17(16)21(23)24/h4-9,12,19H,3,10-11H2,1-2H3,(H,20,22). The average Bonchev–Trinajstić information content (AvgIpc) is 2.70. The molecule has 0 bridgehead atoms. The van der Waals surface area contributed by atoms with Crippen molar-refractivity contribution in [3.8, 4) is 0 Å². The first-order valence-electron chi connectivity index (χ1n) is 8.79. The molecule has 0 saturated heterocycles. The Balaban J connectivity index is 1.98. The van der Waals surface area contributed by atoms with Crippen molar-refractivity contribution in [2.45, 2.75) is 16.7 Å². The second-order valence-corrected chi connectivity index (χ2v) is 10.6. The summed E-state index contributed by atoms with van der Waals surface area (Å²) in [6.45, 7) is 1.80. The normalized spacial score (nSPS) is 11.7. The van der Waals surface area contributed by atoms with Crippen molar-refractivity contribution < 1.29 is 26.6 Å². The fourth-order valence-electron chi connectivity index (χ4n) is 2.50. The van der Waals surface area contributed by atoms with Gasteiger partial charge < -0.3 is 10.6 Å². The van der Waals surface area contributed by atoms with Crippen LogP contribution in [0.5, 0.6) is 0 Å². The van der Waals surface area contributed by atoms with Crippen LogP contribution in [0.3, 0.4) is 0 Å². The molecule has 2 N–H and O–H groups in total. The van der Waals surface area contributed by atoms with E-state index in [2.05, 4.69) is 10.6 Å². The highest BCUT2D eigenvalue weighted by molar-refractivity contribution is 7.91. The average molecular weight is 456 g/mol. The zero-order valence-electron chi connectivity index (χ0n) is 16.3. The highest BCUT2D eigenvalue weighted by Gasteiger charge is 2.18. The Labute approximate surface area is 174 Å². The van der Waals surface area contributed by atoms with Gasteiger partial charge in [-0.05, 0) is 36.4 Å². The van der Waals surface area contributed by atoms with Gasteiger partial charge in [-0.15, -0.1) is 0 Å². The molecule has 0 radical (unpaired) electrons. The lowest BCUT2D eigenvalue weighted by atomic mass is 10.2. The number of rotatable bonds is 9. The molecule has 162 valence electrons. The minimum Gasteiger partial charge on any atom is -0.378 e. The summed E-state index contributed by atoms with van der Waals surface area (Å²) in [5.41, 5.74) is 0.00119. The van der Waals surface area contributed by atoms with Crippen LogP contribution in [-0.4, -0.2) is 52.8 Å². The van der Waals surface area contributed by atoms with E-state index in [1.807, 2.05) is 0 Å². The van der Waals surface area contributed by atoms with Gasteiger partial charge in [0, 0.05) is 31.0 Å². The number of nitrogens with zero attached hydrogens (tertiary/aromatic N) is 1. The van der Waals surface area contributed by atoms with Gasteiger partial charge in [0.15, 0.2) is 19.7 Å². The van der Waals surface area contributed by atoms with Gasteiger partial charge in [-0.25, -0.2) is 16.8 Å². The van der Waals surface area contributed by atoms with Gasteiger partial charge in [-0.3, -0.25) is 14.9 Å². The molecule has 10 nitrogen and oxygen atoms in total.